The fourth-order valence-corrected chi connectivity index (χ4v) is 1.34. The molecule has 0 unspecified atom stereocenters. The average molecular weight is 274 g/mol. The quantitative estimate of drug-likeness (QED) is 0.918. The Morgan fingerprint density at radius 2 is 1.84 bits per heavy atom. The van der Waals surface area contributed by atoms with Crippen LogP contribution < -0.4 is 5.32 Å². The fraction of sp³-hybridized carbons (Fsp3) is 0.333. The third-order valence-corrected chi connectivity index (χ3v) is 2.47. The van der Waals surface area contributed by atoms with Crippen LogP contribution in [0, 0.1) is 0 Å². The molecule has 19 heavy (non-hydrogen) atoms. The Balaban J connectivity index is 2.91. The molecule has 0 bridgehead atoms. The summed E-state index contributed by atoms with van der Waals surface area (Å²) in [5, 5.41) is 1.79. The lowest BCUT2D eigenvalue weighted by Gasteiger charge is -2.18. The van der Waals surface area contributed by atoms with Gasteiger partial charge in [-0.1, -0.05) is 18.2 Å². The van der Waals surface area contributed by atoms with Crippen molar-refractivity contribution in [2.75, 3.05) is 12.4 Å². The molecule has 0 atom stereocenters. The first-order valence-corrected chi connectivity index (χ1v) is 5.39. The molecule has 104 valence electrons. The van der Waals surface area contributed by atoms with Gasteiger partial charge in [-0.05, 0) is 11.6 Å². The number of benzene rings is 1. The monoisotopic (exact) mass is 274 g/mol. The molecule has 1 aromatic carbocycles. The van der Waals surface area contributed by atoms with Crippen LogP contribution in [0.5, 0.6) is 0 Å². The third-order valence-electron chi connectivity index (χ3n) is 2.47. The topological polar surface area (TPSA) is 49.4 Å². The summed E-state index contributed by atoms with van der Waals surface area (Å²) in [5.41, 5.74) is 0.468. The number of carbonyl (C=O) groups excluding carboxylic acids is 2. The second-order valence-electron chi connectivity index (χ2n) is 3.98. The molecule has 0 heterocycles. The van der Waals surface area contributed by atoms with Gasteiger partial charge in [-0.15, -0.1) is 0 Å². The molecule has 0 saturated carbocycles. The lowest BCUT2D eigenvalue weighted by Crippen LogP contribution is -2.31. The summed E-state index contributed by atoms with van der Waals surface area (Å²) in [5.74, 6) is -2.26. The molecule has 1 N–H and O–H groups in total. The number of nitrogens with one attached hydrogen (secondary N) is 1. The maximum Gasteiger partial charge on any atom is 0.471 e. The highest BCUT2D eigenvalue weighted by Crippen LogP contribution is 2.21. The van der Waals surface area contributed by atoms with Crippen molar-refractivity contribution in [1.29, 1.82) is 0 Å². The van der Waals surface area contributed by atoms with Gasteiger partial charge in [0.1, 0.15) is 0 Å². The van der Waals surface area contributed by atoms with Crippen LogP contribution in [0.4, 0.5) is 18.9 Å². The predicted molar refractivity (Wildman–Crippen MR) is 63.3 cm³/mol. The van der Waals surface area contributed by atoms with Gasteiger partial charge in [0.05, 0.1) is 0 Å². The maximum atomic E-state index is 12.2. The second kappa shape index (κ2) is 5.73. The van der Waals surface area contributed by atoms with E-state index in [0.29, 0.717) is 5.56 Å². The Kier molecular flexibility index (Phi) is 4.52. The largest absolute Gasteiger partial charge is 0.471 e. The number of halogens is 3. The van der Waals surface area contributed by atoms with Gasteiger partial charge in [0, 0.05) is 26.2 Å². The smallest absolute Gasteiger partial charge is 0.342 e. The molecule has 0 aliphatic heterocycles. The summed E-state index contributed by atoms with van der Waals surface area (Å²) < 4.78 is 36.5. The molecule has 2 amide bonds. The van der Waals surface area contributed by atoms with Crippen LogP contribution in [-0.2, 0) is 16.1 Å². The standard InChI is InChI=1S/C12H13F3N2O2/c1-8(18)17(2)7-9-5-3-4-6-10(9)16-11(19)12(13,14)15/h3-6H,7H2,1-2H3,(H,16,19). The molecule has 7 heteroatoms. The SMILES string of the molecule is CC(=O)N(C)Cc1ccccc1NC(=O)C(F)(F)F. The molecule has 0 saturated heterocycles. The molecular formula is C12H13F3N2O2. The Bertz CT molecular complexity index is 486. The van der Waals surface area contributed by atoms with Crippen LogP contribution >= 0.6 is 0 Å². The van der Waals surface area contributed by atoms with E-state index in [1.807, 2.05) is 0 Å². The predicted octanol–water partition coefficient (Wildman–Crippen LogP) is 2.17. The number of carbonyl (C=O) groups is 2. The van der Waals surface area contributed by atoms with Gasteiger partial charge >= 0.3 is 12.1 Å². The van der Waals surface area contributed by atoms with E-state index >= 15 is 0 Å². The highest BCUT2D eigenvalue weighted by molar-refractivity contribution is 5.95. The van der Waals surface area contributed by atoms with Crippen LogP contribution in [0.3, 0.4) is 0 Å². The van der Waals surface area contributed by atoms with Gasteiger partial charge in [-0.2, -0.15) is 13.2 Å². The number of alkyl halides is 3. The summed E-state index contributed by atoms with van der Waals surface area (Å²) in [6.45, 7) is 1.46. The molecule has 0 aliphatic rings. The van der Waals surface area contributed by atoms with Crippen molar-refractivity contribution in [3.8, 4) is 0 Å². The summed E-state index contributed by atoms with van der Waals surface area (Å²) in [6.07, 6.45) is -4.94. The Hall–Kier alpha value is -2.05. The van der Waals surface area contributed by atoms with Crippen LogP contribution in [0.2, 0.25) is 0 Å². The Morgan fingerprint density at radius 3 is 2.37 bits per heavy atom. The van der Waals surface area contributed by atoms with E-state index in [4.69, 9.17) is 0 Å². The van der Waals surface area contributed by atoms with E-state index in [2.05, 4.69) is 0 Å². The van der Waals surface area contributed by atoms with Gasteiger partial charge in [0.2, 0.25) is 5.91 Å². The number of hydrogen-bond acceptors (Lipinski definition) is 2. The second-order valence-corrected chi connectivity index (χ2v) is 3.98. The zero-order valence-electron chi connectivity index (χ0n) is 10.4. The number of rotatable bonds is 3. The average Bonchev–Trinajstić information content (AvgIpc) is 2.30. The number of anilines is 1. The van der Waals surface area contributed by atoms with Crippen LogP contribution in [-0.4, -0.2) is 29.9 Å². The fourth-order valence-electron chi connectivity index (χ4n) is 1.34. The summed E-state index contributed by atoms with van der Waals surface area (Å²) in [7, 11) is 1.52. The van der Waals surface area contributed by atoms with Crippen molar-refractivity contribution in [1.82, 2.24) is 4.90 Å². The molecular weight excluding hydrogens is 261 g/mol. The molecule has 0 fully saturated rings. The van der Waals surface area contributed by atoms with Crippen molar-refractivity contribution in [2.24, 2.45) is 0 Å². The molecule has 0 aliphatic carbocycles. The zero-order chi connectivity index (χ0) is 14.6. The molecule has 0 radical (unpaired) electrons. The van der Waals surface area contributed by atoms with Gasteiger partial charge < -0.3 is 10.2 Å². The summed E-state index contributed by atoms with van der Waals surface area (Å²) in [6, 6.07) is 6.02. The maximum absolute atomic E-state index is 12.2. The van der Waals surface area contributed by atoms with E-state index in [9.17, 15) is 22.8 Å². The lowest BCUT2D eigenvalue weighted by molar-refractivity contribution is -0.167. The lowest BCUT2D eigenvalue weighted by atomic mass is 10.1. The normalized spacial score (nSPS) is 11.0. The number of hydrogen-bond donors (Lipinski definition) is 1. The number of nitrogens with zero attached hydrogens (tertiary/aromatic N) is 1. The van der Waals surface area contributed by atoms with E-state index in [-0.39, 0.29) is 18.1 Å². The van der Waals surface area contributed by atoms with Gasteiger partial charge in [-0.3, -0.25) is 9.59 Å². The molecule has 0 spiro atoms. The first-order valence-electron chi connectivity index (χ1n) is 5.39. The van der Waals surface area contributed by atoms with E-state index in [1.54, 1.807) is 17.4 Å². The minimum atomic E-state index is -4.94. The number of amides is 2. The van der Waals surface area contributed by atoms with Crippen molar-refractivity contribution in [3.05, 3.63) is 29.8 Å². The van der Waals surface area contributed by atoms with Crippen molar-refractivity contribution in [3.63, 3.8) is 0 Å². The number of para-hydroxylation sites is 1. The molecule has 4 nitrogen and oxygen atoms in total. The minimum Gasteiger partial charge on any atom is -0.342 e. The molecule has 1 rings (SSSR count). The van der Waals surface area contributed by atoms with E-state index < -0.39 is 12.1 Å². The summed E-state index contributed by atoms with van der Waals surface area (Å²) >= 11 is 0. The van der Waals surface area contributed by atoms with Gasteiger partial charge in [0.25, 0.3) is 0 Å². The van der Waals surface area contributed by atoms with E-state index in [0.717, 1.165) is 0 Å². The Labute approximate surface area is 108 Å². The Morgan fingerprint density at radius 1 is 1.26 bits per heavy atom. The zero-order valence-corrected chi connectivity index (χ0v) is 10.4. The van der Waals surface area contributed by atoms with Crippen LogP contribution in [0.25, 0.3) is 0 Å². The first kappa shape index (κ1) is 15.0. The van der Waals surface area contributed by atoms with Gasteiger partial charge in [0.15, 0.2) is 0 Å². The summed E-state index contributed by atoms with van der Waals surface area (Å²) in [4.78, 5) is 23.3. The van der Waals surface area contributed by atoms with Crippen molar-refractivity contribution >= 4 is 17.5 Å². The minimum absolute atomic E-state index is 0.0397. The van der Waals surface area contributed by atoms with Gasteiger partial charge in [-0.25, -0.2) is 0 Å². The van der Waals surface area contributed by atoms with Crippen LogP contribution in [0.15, 0.2) is 24.3 Å². The van der Waals surface area contributed by atoms with Crippen LogP contribution in [0.1, 0.15) is 12.5 Å². The molecule has 1 aromatic rings. The first-order chi connectivity index (χ1) is 8.71. The highest BCUT2D eigenvalue weighted by atomic mass is 19.4. The van der Waals surface area contributed by atoms with E-state index in [1.165, 1.54) is 31.0 Å². The van der Waals surface area contributed by atoms with Crippen molar-refractivity contribution in [2.45, 2.75) is 19.6 Å². The molecule has 0 aromatic heterocycles. The third kappa shape index (κ3) is 4.27. The van der Waals surface area contributed by atoms with Crippen molar-refractivity contribution < 1.29 is 22.8 Å². The highest BCUT2D eigenvalue weighted by Gasteiger charge is 2.38.